The zero-order valence-electron chi connectivity index (χ0n) is 16.7. The molecule has 1 saturated carbocycles. The molecule has 1 aromatic rings. The first-order chi connectivity index (χ1) is 13.6. The Labute approximate surface area is 167 Å². The maximum Gasteiger partial charge on any atom is 0.251 e. The molecular formula is C22H31N3O3. The van der Waals surface area contributed by atoms with Gasteiger partial charge in [-0.1, -0.05) is 29.8 Å². The van der Waals surface area contributed by atoms with Gasteiger partial charge >= 0.3 is 0 Å². The highest BCUT2D eigenvalue weighted by atomic mass is 16.5. The molecule has 3 fully saturated rings. The molecule has 0 radical (unpaired) electrons. The standard InChI is InChI=1S/C22H31N3O3/c1-16-4-6-17(7-5-16)21(18-8-9-18)23-20(26)15-24-10-12-25(13-11-24)22(27)19-3-2-14-28-19/h4-7,18-19,21H,2-3,8-15H2,1H3,(H,23,26)/t19-,21-/m1/s1. The molecule has 2 saturated heterocycles. The Morgan fingerprint density at radius 1 is 1.11 bits per heavy atom. The van der Waals surface area contributed by atoms with Crippen molar-refractivity contribution in [2.75, 3.05) is 39.3 Å². The zero-order valence-corrected chi connectivity index (χ0v) is 16.7. The number of benzene rings is 1. The predicted molar refractivity (Wildman–Crippen MR) is 107 cm³/mol. The summed E-state index contributed by atoms with van der Waals surface area (Å²) in [6.07, 6.45) is 3.93. The van der Waals surface area contributed by atoms with Gasteiger partial charge in [-0.15, -0.1) is 0 Å². The number of carbonyl (C=O) groups excluding carboxylic acids is 2. The lowest BCUT2D eigenvalue weighted by Crippen LogP contribution is -2.53. The molecule has 6 heteroatoms. The van der Waals surface area contributed by atoms with Crippen molar-refractivity contribution in [3.05, 3.63) is 35.4 Å². The van der Waals surface area contributed by atoms with Crippen LogP contribution in [0.5, 0.6) is 0 Å². The van der Waals surface area contributed by atoms with Gasteiger partial charge in [-0.2, -0.15) is 0 Å². The Morgan fingerprint density at radius 3 is 2.43 bits per heavy atom. The van der Waals surface area contributed by atoms with Crippen LogP contribution in [0.1, 0.15) is 42.9 Å². The fraction of sp³-hybridized carbons (Fsp3) is 0.636. The van der Waals surface area contributed by atoms with Crippen LogP contribution in [0.15, 0.2) is 24.3 Å². The van der Waals surface area contributed by atoms with Crippen molar-refractivity contribution >= 4 is 11.8 Å². The third-order valence-electron chi connectivity index (χ3n) is 6.10. The number of nitrogens with one attached hydrogen (secondary N) is 1. The van der Waals surface area contributed by atoms with Gasteiger partial charge in [0.15, 0.2) is 0 Å². The van der Waals surface area contributed by atoms with Crippen LogP contribution in [0.3, 0.4) is 0 Å². The molecule has 0 unspecified atom stereocenters. The molecule has 2 amide bonds. The van der Waals surface area contributed by atoms with Crippen molar-refractivity contribution in [2.45, 2.75) is 44.8 Å². The minimum Gasteiger partial charge on any atom is -0.368 e. The van der Waals surface area contributed by atoms with E-state index in [-0.39, 0.29) is 24.0 Å². The van der Waals surface area contributed by atoms with Gasteiger partial charge in [-0.25, -0.2) is 0 Å². The van der Waals surface area contributed by atoms with Crippen LogP contribution in [0.25, 0.3) is 0 Å². The van der Waals surface area contributed by atoms with Crippen molar-refractivity contribution in [1.29, 1.82) is 0 Å². The molecule has 2 aliphatic heterocycles. The van der Waals surface area contributed by atoms with Gasteiger partial charge in [0, 0.05) is 32.8 Å². The predicted octanol–water partition coefficient (Wildman–Crippen LogP) is 1.89. The highest BCUT2D eigenvalue weighted by Gasteiger charge is 2.34. The smallest absolute Gasteiger partial charge is 0.251 e. The van der Waals surface area contributed by atoms with E-state index in [1.165, 1.54) is 24.0 Å². The van der Waals surface area contributed by atoms with E-state index in [0.717, 1.165) is 25.9 Å². The number of amides is 2. The fourth-order valence-corrected chi connectivity index (χ4v) is 4.20. The molecule has 2 atom stereocenters. The van der Waals surface area contributed by atoms with Crippen molar-refractivity contribution in [1.82, 2.24) is 15.1 Å². The van der Waals surface area contributed by atoms with Gasteiger partial charge in [0.25, 0.3) is 5.91 Å². The number of ether oxygens (including phenoxy) is 1. The summed E-state index contributed by atoms with van der Waals surface area (Å²) in [4.78, 5) is 29.1. The summed E-state index contributed by atoms with van der Waals surface area (Å²) in [5.74, 6) is 0.763. The van der Waals surface area contributed by atoms with E-state index in [0.29, 0.717) is 32.2 Å². The van der Waals surface area contributed by atoms with Crippen LogP contribution in [-0.4, -0.2) is 67.0 Å². The van der Waals surface area contributed by atoms with E-state index < -0.39 is 0 Å². The van der Waals surface area contributed by atoms with E-state index in [9.17, 15) is 9.59 Å². The summed E-state index contributed by atoms with van der Waals surface area (Å²) in [6, 6.07) is 8.61. The maximum atomic E-state index is 12.7. The topological polar surface area (TPSA) is 61.9 Å². The SMILES string of the molecule is Cc1ccc([C@@H](NC(=O)CN2CCN(C(=O)[C@H]3CCCO3)CC2)C2CC2)cc1. The lowest BCUT2D eigenvalue weighted by atomic mass is 10.0. The van der Waals surface area contributed by atoms with Crippen molar-refractivity contribution < 1.29 is 14.3 Å². The van der Waals surface area contributed by atoms with Crippen LogP contribution in [0.2, 0.25) is 0 Å². The molecule has 152 valence electrons. The first kappa shape index (κ1) is 19.4. The number of nitrogens with zero attached hydrogens (tertiary/aromatic N) is 2. The molecule has 0 bridgehead atoms. The number of hydrogen-bond donors (Lipinski definition) is 1. The second kappa shape index (κ2) is 8.62. The molecule has 1 N–H and O–H groups in total. The molecule has 6 nitrogen and oxygen atoms in total. The summed E-state index contributed by atoms with van der Waals surface area (Å²) in [6.45, 7) is 6.01. The Bertz CT molecular complexity index is 687. The molecule has 0 aromatic heterocycles. The number of rotatable bonds is 6. The monoisotopic (exact) mass is 385 g/mol. The van der Waals surface area contributed by atoms with Gasteiger partial charge in [-0.3, -0.25) is 14.5 Å². The molecule has 3 aliphatic rings. The summed E-state index contributed by atoms with van der Waals surface area (Å²) in [5.41, 5.74) is 2.44. The second-order valence-corrected chi connectivity index (χ2v) is 8.40. The highest BCUT2D eigenvalue weighted by Crippen LogP contribution is 2.41. The third-order valence-corrected chi connectivity index (χ3v) is 6.10. The minimum absolute atomic E-state index is 0.0800. The highest BCUT2D eigenvalue weighted by molar-refractivity contribution is 5.81. The van der Waals surface area contributed by atoms with Crippen LogP contribution in [-0.2, 0) is 14.3 Å². The van der Waals surface area contributed by atoms with Gasteiger partial charge in [0.05, 0.1) is 12.6 Å². The van der Waals surface area contributed by atoms with Crippen molar-refractivity contribution in [2.24, 2.45) is 5.92 Å². The first-order valence-electron chi connectivity index (χ1n) is 10.6. The largest absolute Gasteiger partial charge is 0.368 e. The Hall–Kier alpha value is -1.92. The Kier molecular flexibility index (Phi) is 5.97. The fourth-order valence-electron chi connectivity index (χ4n) is 4.20. The maximum absolute atomic E-state index is 12.7. The van der Waals surface area contributed by atoms with Crippen LogP contribution < -0.4 is 5.32 Å². The van der Waals surface area contributed by atoms with Crippen LogP contribution >= 0.6 is 0 Å². The number of piperazine rings is 1. The first-order valence-corrected chi connectivity index (χ1v) is 10.6. The van der Waals surface area contributed by atoms with Gasteiger partial charge in [0.2, 0.25) is 5.91 Å². The zero-order chi connectivity index (χ0) is 19.5. The van der Waals surface area contributed by atoms with E-state index in [2.05, 4.69) is 41.4 Å². The minimum atomic E-state index is -0.247. The molecular weight excluding hydrogens is 354 g/mol. The Morgan fingerprint density at radius 2 is 1.82 bits per heavy atom. The number of hydrogen-bond acceptors (Lipinski definition) is 4. The summed E-state index contributed by atoms with van der Waals surface area (Å²) in [5, 5.41) is 3.26. The summed E-state index contributed by atoms with van der Waals surface area (Å²) < 4.78 is 5.51. The van der Waals surface area contributed by atoms with E-state index in [4.69, 9.17) is 4.74 Å². The lowest BCUT2D eigenvalue weighted by Gasteiger charge is -2.35. The van der Waals surface area contributed by atoms with Crippen molar-refractivity contribution in [3.63, 3.8) is 0 Å². The van der Waals surface area contributed by atoms with E-state index in [1.54, 1.807) is 0 Å². The average molecular weight is 386 g/mol. The Balaban J connectivity index is 1.26. The van der Waals surface area contributed by atoms with Gasteiger partial charge in [-0.05, 0) is 44.1 Å². The normalized spacial score (nSPS) is 24.2. The molecule has 4 rings (SSSR count). The summed E-state index contributed by atoms with van der Waals surface area (Å²) in [7, 11) is 0. The molecule has 1 aliphatic carbocycles. The number of aryl methyl sites for hydroxylation is 1. The number of carbonyl (C=O) groups is 2. The van der Waals surface area contributed by atoms with Gasteiger partial charge in [0.1, 0.15) is 6.10 Å². The summed E-state index contributed by atoms with van der Waals surface area (Å²) >= 11 is 0. The second-order valence-electron chi connectivity index (χ2n) is 8.40. The molecule has 28 heavy (non-hydrogen) atoms. The lowest BCUT2D eigenvalue weighted by molar-refractivity contribution is -0.142. The van der Waals surface area contributed by atoms with E-state index in [1.807, 2.05) is 4.90 Å². The van der Waals surface area contributed by atoms with E-state index >= 15 is 0 Å². The third kappa shape index (κ3) is 4.73. The quantitative estimate of drug-likeness (QED) is 0.812. The molecule has 0 spiro atoms. The van der Waals surface area contributed by atoms with Gasteiger partial charge < -0.3 is 15.0 Å². The van der Waals surface area contributed by atoms with Crippen LogP contribution in [0, 0.1) is 12.8 Å². The van der Waals surface area contributed by atoms with Crippen LogP contribution in [0.4, 0.5) is 0 Å². The molecule has 2 heterocycles. The average Bonchev–Trinajstić information content (AvgIpc) is 3.40. The van der Waals surface area contributed by atoms with Crippen molar-refractivity contribution in [3.8, 4) is 0 Å². The molecule has 1 aromatic carbocycles.